The predicted octanol–water partition coefficient (Wildman–Crippen LogP) is 3.34. The predicted molar refractivity (Wildman–Crippen MR) is 102 cm³/mol. The van der Waals surface area contributed by atoms with Gasteiger partial charge in [-0.25, -0.2) is 0 Å². The van der Waals surface area contributed by atoms with Crippen molar-refractivity contribution in [3.05, 3.63) is 46.7 Å². The number of rotatable bonds is 7. The van der Waals surface area contributed by atoms with Crippen LogP contribution in [0.2, 0.25) is 0 Å². The number of carbonyl (C=O) groups is 2. The summed E-state index contributed by atoms with van der Waals surface area (Å²) in [6, 6.07) is 11.6. The zero-order chi connectivity index (χ0) is 17.6. The van der Waals surface area contributed by atoms with Crippen molar-refractivity contribution < 1.29 is 9.59 Å². The van der Waals surface area contributed by atoms with Crippen molar-refractivity contribution in [3.63, 3.8) is 0 Å². The summed E-state index contributed by atoms with van der Waals surface area (Å²) in [6.45, 7) is 4.81. The van der Waals surface area contributed by atoms with E-state index in [9.17, 15) is 9.59 Å². The van der Waals surface area contributed by atoms with Gasteiger partial charge in [-0.05, 0) is 48.7 Å². The highest BCUT2D eigenvalue weighted by atomic mass is 32.1. The third-order valence-electron chi connectivity index (χ3n) is 4.31. The van der Waals surface area contributed by atoms with Gasteiger partial charge < -0.3 is 10.2 Å². The maximum absolute atomic E-state index is 12.3. The van der Waals surface area contributed by atoms with Crippen LogP contribution in [0.4, 0.5) is 11.4 Å². The summed E-state index contributed by atoms with van der Waals surface area (Å²) < 4.78 is 0. The standard InChI is InChI=1S/C19H23N3O2S/c1-2-21(13-17-5-4-12-25-17)14-18(23)20-15-7-9-16(10-8-15)22-11-3-6-19(22)24/h4-5,7-10,12H,2-3,6,11,13-14H2,1H3,(H,20,23). The third-order valence-corrected chi connectivity index (χ3v) is 5.17. The van der Waals surface area contributed by atoms with Crippen LogP contribution in [0.5, 0.6) is 0 Å². The lowest BCUT2D eigenvalue weighted by atomic mass is 10.2. The van der Waals surface area contributed by atoms with Gasteiger partial charge in [0, 0.05) is 35.8 Å². The Balaban J connectivity index is 1.54. The van der Waals surface area contributed by atoms with Gasteiger partial charge in [0.25, 0.3) is 0 Å². The van der Waals surface area contributed by atoms with Gasteiger partial charge in [0.2, 0.25) is 11.8 Å². The molecule has 1 aliphatic rings. The Hall–Kier alpha value is -2.18. The van der Waals surface area contributed by atoms with Crippen LogP contribution in [0.1, 0.15) is 24.6 Å². The first kappa shape index (κ1) is 17.6. The SMILES string of the molecule is CCN(CC(=O)Nc1ccc(N2CCCC2=O)cc1)Cc1cccs1. The van der Waals surface area contributed by atoms with E-state index in [4.69, 9.17) is 0 Å². The van der Waals surface area contributed by atoms with Crippen molar-refractivity contribution in [1.29, 1.82) is 0 Å². The first-order valence-corrected chi connectivity index (χ1v) is 9.48. The van der Waals surface area contributed by atoms with E-state index in [1.807, 2.05) is 30.3 Å². The minimum atomic E-state index is -0.0246. The zero-order valence-electron chi connectivity index (χ0n) is 14.4. The number of hydrogen-bond donors (Lipinski definition) is 1. The first-order chi connectivity index (χ1) is 12.2. The molecule has 1 aromatic carbocycles. The maximum atomic E-state index is 12.3. The summed E-state index contributed by atoms with van der Waals surface area (Å²) in [4.78, 5) is 29.2. The Morgan fingerprint density at radius 2 is 2.08 bits per heavy atom. The molecule has 132 valence electrons. The van der Waals surface area contributed by atoms with Gasteiger partial charge >= 0.3 is 0 Å². The van der Waals surface area contributed by atoms with E-state index in [-0.39, 0.29) is 11.8 Å². The number of nitrogens with one attached hydrogen (secondary N) is 1. The third kappa shape index (κ3) is 4.67. The second kappa shape index (κ2) is 8.27. The average Bonchev–Trinajstić information content (AvgIpc) is 3.26. The quantitative estimate of drug-likeness (QED) is 0.827. The van der Waals surface area contributed by atoms with Crippen molar-refractivity contribution in [2.45, 2.75) is 26.3 Å². The molecule has 0 unspecified atom stereocenters. The fraction of sp³-hybridized carbons (Fsp3) is 0.368. The van der Waals surface area contributed by atoms with E-state index >= 15 is 0 Å². The van der Waals surface area contributed by atoms with Gasteiger partial charge in [0.1, 0.15) is 0 Å². The Morgan fingerprint density at radius 3 is 2.68 bits per heavy atom. The normalized spacial score (nSPS) is 14.3. The van der Waals surface area contributed by atoms with Crippen LogP contribution in [0.15, 0.2) is 41.8 Å². The van der Waals surface area contributed by atoms with Crippen LogP contribution in [0, 0.1) is 0 Å². The molecule has 1 N–H and O–H groups in total. The molecule has 1 aromatic heterocycles. The Morgan fingerprint density at radius 1 is 1.28 bits per heavy atom. The molecule has 5 nitrogen and oxygen atoms in total. The summed E-state index contributed by atoms with van der Waals surface area (Å²) in [5.41, 5.74) is 1.65. The van der Waals surface area contributed by atoms with E-state index in [0.29, 0.717) is 13.0 Å². The number of anilines is 2. The molecule has 2 amide bonds. The second-order valence-corrected chi connectivity index (χ2v) is 7.16. The average molecular weight is 357 g/mol. The van der Waals surface area contributed by atoms with Crippen LogP contribution < -0.4 is 10.2 Å². The topological polar surface area (TPSA) is 52.7 Å². The highest BCUT2D eigenvalue weighted by Crippen LogP contribution is 2.23. The fourth-order valence-corrected chi connectivity index (χ4v) is 3.70. The molecule has 0 atom stereocenters. The van der Waals surface area contributed by atoms with Gasteiger partial charge in [0.05, 0.1) is 6.54 Å². The van der Waals surface area contributed by atoms with Gasteiger partial charge in [-0.15, -0.1) is 11.3 Å². The number of benzene rings is 1. The highest BCUT2D eigenvalue weighted by Gasteiger charge is 2.21. The molecule has 0 saturated carbocycles. The summed E-state index contributed by atoms with van der Waals surface area (Å²) in [5.74, 6) is 0.146. The molecule has 25 heavy (non-hydrogen) atoms. The summed E-state index contributed by atoms with van der Waals surface area (Å²) >= 11 is 1.71. The summed E-state index contributed by atoms with van der Waals surface area (Å²) in [6.07, 6.45) is 1.53. The fourth-order valence-electron chi connectivity index (χ4n) is 2.95. The molecular formula is C19H23N3O2S. The van der Waals surface area contributed by atoms with E-state index in [1.54, 1.807) is 16.2 Å². The van der Waals surface area contributed by atoms with E-state index in [0.717, 1.165) is 37.4 Å². The number of amides is 2. The minimum Gasteiger partial charge on any atom is -0.325 e. The lowest BCUT2D eigenvalue weighted by Crippen LogP contribution is -2.32. The van der Waals surface area contributed by atoms with Crippen molar-refractivity contribution in [2.75, 3.05) is 29.9 Å². The molecule has 1 aliphatic heterocycles. The summed E-state index contributed by atoms with van der Waals surface area (Å²) in [5, 5.41) is 4.99. The molecule has 2 heterocycles. The van der Waals surface area contributed by atoms with Crippen molar-refractivity contribution in [1.82, 2.24) is 4.90 Å². The number of nitrogens with zero attached hydrogens (tertiary/aromatic N) is 2. The monoisotopic (exact) mass is 357 g/mol. The first-order valence-electron chi connectivity index (χ1n) is 8.60. The summed E-state index contributed by atoms with van der Waals surface area (Å²) in [7, 11) is 0. The highest BCUT2D eigenvalue weighted by molar-refractivity contribution is 7.09. The second-order valence-electron chi connectivity index (χ2n) is 6.13. The van der Waals surface area contributed by atoms with Crippen LogP contribution in [-0.4, -0.2) is 36.3 Å². The molecule has 0 spiro atoms. The van der Waals surface area contributed by atoms with Gasteiger partial charge in [-0.2, -0.15) is 0 Å². The van der Waals surface area contributed by atoms with E-state index in [2.05, 4.69) is 28.6 Å². The lowest BCUT2D eigenvalue weighted by Gasteiger charge is -2.19. The van der Waals surface area contributed by atoms with Crippen LogP contribution >= 0.6 is 11.3 Å². The zero-order valence-corrected chi connectivity index (χ0v) is 15.2. The minimum absolute atomic E-state index is 0.0246. The molecule has 2 aromatic rings. The largest absolute Gasteiger partial charge is 0.325 e. The number of likely N-dealkylation sites (N-methyl/N-ethyl adjacent to an activating group) is 1. The lowest BCUT2D eigenvalue weighted by molar-refractivity contribution is -0.118. The van der Waals surface area contributed by atoms with E-state index < -0.39 is 0 Å². The number of thiophene rings is 1. The van der Waals surface area contributed by atoms with Gasteiger partial charge in [-0.1, -0.05) is 13.0 Å². The molecule has 0 aliphatic carbocycles. The molecule has 3 rings (SSSR count). The van der Waals surface area contributed by atoms with Crippen LogP contribution in [0.3, 0.4) is 0 Å². The maximum Gasteiger partial charge on any atom is 0.238 e. The van der Waals surface area contributed by atoms with Crippen LogP contribution in [-0.2, 0) is 16.1 Å². The van der Waals surface area contributed by atoms with Gasteiger partial charge in [0.15, 0.2) is 0 Å². The molecule has 0 bridgehead atoms. The van der Waals surface area contributed by atoms with Gasteiger partial charge in [-0.3, -0.25) is 14.5 Å². The molecule has 0 radical (unpaired) electrons. The van der Waals surface area contributed by atoms with Crippen LogP contribution in [0.25, 0.3) is 0 Å². The smallest absolute Gasteiger partial charge is 0.238 e. The molecular weight excluding hydrogens is 334 g/mol. The van der Waals surface area contributed by atoms with Crippen molar-refractivity contribution in [3.8, 4) is 0 Å². The Kier molecular flexibility index (Phi) is 5.83. The molecule has 6 heteroatoms. The van der Waals surface area contributed by atoms with Crippen molar-refractivity contribution >= 4 is 34.5 Å². The molecule has 1 saturated heterocycles. The number of carbonyl (C=O) groups excluding carboxylic acids is 2. The van der Waals surface area contributed by atoms with E-state index in [1.165, 1.54) is 4.88 Å². The number of hydrogen-bond acceptors (Lipinski definition) is 4. The Labute approximate surface area is 152 Å². The Bertz CT molecular complexity index is 713. The molecule has 1 fully saturated rings. The van der Waals surface area contributed by atoms with Crippen molar-refractivity contribution in [2.24, 2.45) is 0 Å².